The molecule has 10 heteroatoms. The number of aromatic hydroxyl groups is 1. The fourth-order valence-electron chi connectivity index (χ4n) is 5.24. The number of amides is 1. The van der Waals surface area contributed by atoms with Crippen LogP contribution in [0.2, 0.25) is 0 Å². The summed E-state index contributed by atoms with van der Waals surface area (Å²) >= 11 is 0. The Kier molecular flexibility index (Phi) is 7.46. The van der Waals surface area contributed by atoms with Gasteiger partial charge in [-0.25, -0.2) is 4.79 Å². The van der Waals surface area contributed by atoms with Crippen molar-refractivity contribution in [3.8, 4) is 5.75 Å². The van der Waals surface area contributed by atoms with Gasteiger partial charge >= 0.3 is 5.97 Å². The fraction of sp³-hybridized carbons (Fsp3) is 0.414. The van der Waals surface area contributed by atoms with Gasteiger partial charge in [0.15, 0.2) is 11.6 Å². The molecular weight excluding hydrogens is 506 g/mol. The molecule has 1 fully saturated rings. The summed E-state index contributed by atoms with van der Waals surface area (Å²) in [7, 11) is 0. The number of hydrogen-bond donors (Lipinski definition) is 4. The van der Waals surface area contributed by atoms with Crippen molar-refractivity contribution in [3.63, 3.8) is 0 Å². The van der Waals surface area contributed by atoms with Crippen LogP contribution in [0.3, 0.4) is 0 Å². The van der Waals surface area contributed by atoms with Crippen LogP contribution < -0.4 is 5.32 Å². The van der Waals surface area contributed by atoms with Gasteiger partial charge in [0.1, 0.15) is 23.6 Å². The standard InChI is InChI=1S/C29H31NO9/c1-5-16-6-8-19(31)15(4)39-28(37)26(35)14(3)11-18-27(36)30-22-12-21(33)23-17(29(18,22)38)10-13(2)25(34)24(23)20(32)9-7-16/h6,8,10-12,15-16,18-19,31,34,38H,5,7,9H2,1-4H3,(H,30,36)/b8-6-,14-11-/t15?,16?,18-,19?,29+/m1/s1. The summed E-state index contributed by atoms with van der Waals surface area (Å²) in [6, 6.07) is 1.35. The van der Waals surface area contributed by atoms with Gasteiger partial charge in [-0.1, -0.05) is 25.2 Å². The molecule has 1 aliphatic carbocycles. The van der Waals surface area contributed by atoms with Crippen LogP contribution in [0, 0.1) is 18.8 Å². The summed E-state index contributed by atoms with van der Waals surface area (Å²) in [5, 5.41) is 35.8. The molecule has 2 heterocycles. The number of carbonyl (C=O) groups is 5. The molecule has 206 valence electrons. The van der Waals surface area contributed by atoms with Gasteiger partial charge in [-0.2, -0.15) is 0 Å². The number of carbonyl (C=O) groups excluding carboxylic acids is 5. The van der Waals surface area contributed by atoms with Gasteiger partial charge in [0.25, 0.3) is 5.78 Å². The van der Waals surface area contributed by atoms with Crippen molar-refractivity contribution in [2.45, 2.75) is 64.8 Å². The number of esters is 1. The Morgan fingerprint density at radius 1 is 1.10 bits per heavy atom. The van der Waals surface area contributed by atoms with E-state index < -0.39 is 58.7 Å². The number of aliphatic hydroxyl groups excluding tert-OH is 1. The topological polar surface area (TPSA) is 167 Å². The van der Waals surface area contributed by atoms with Crippen LogP contribution in [0.5, 0.6) is 5.75 Å². The van der Waals surface area contributed by atoms with E-state index in [2.05, 4.69) is 5.32 Å². The van der Waals surface area contributed by atoms with Crippen LogP contribution in [0.25, 0.3) is 0 Å². The highest BCUT2D eigenvalue weighted by molar-refractivity contribution is 6.40. The Bertz CT molecular complexity index is 1390. The summed E-state index contributed by atoms with van der Waals surface area (Å²) in [4.78, 5) is 65.1. The lowest BCUT2D eigenvalue weighted by atomic mass is 9.72. The minimum atomic E-state index is -2.18. The minimum Gasteiger partial charge on any atom is -0.507 e. The Balaban J connectivity index is 1.94. The van der Waals surface area contributed by atoms with Crippen LogP contribution in [-0.2, 0) is 24.7 Å². The monoisotopic (exact) mass is 537 g/mol. The third-order valence-corrected chi connectivity index (χ3v) is 7.68. The summed E-state index contributed by atoms with van der Waals surface area (Å²) in [5.41, 5.74) is -2.84. The summed E-state index contributed by atoms with van der Waals surface area (Å²) in [5.74, 6) is -6.28. The number of benzene rings is 1. The lowest BCUT2D eigenvalue weighted by Gasteiger charge is -2.34. The number of rotatable bonds is 1. The first-order chi connectivity index (χ1) is 18.3. The number of phenolic OH excluding ortho intramolecular Hbond substituents is 1. The van der Waals surface area contributed by atoms with Crippen molar-refractivity contribution < 1.29 is 44.0 Å². The van der Waals surface area contributed by atoms with Gasteiger partial charge in [-0.3, -0.25) is 19.2 Å². The Morgan fingerprint density at radius 3 is 2.46 bits per heavy atom. The Hall–Kier alpha value is -3.89. The second-order valence-corrected chi connectivity index (χ2v) is 10.3. The molecule has 5 atom stereocenters. The zero-order valence-electron chi connectivity index (χ0n) is 22.1. The van der Waals surface area contributed by atoms with Crippen molar-refractivity contribution in [1.29, 1.82) is 0 Å². The van der Waals surface area contributed by atoms with Gasteiger partial charge in [0.05, 0.1) is 17.2 Å². The molecule has 0 spiro atoms. The molecule has 3 unspecified atom stereocenters. The van der Waals surface area contributed by atoms with E-state index in [9.17, 15) is 39.3 Å². The number of aliphatic hydroxyl groups is 2. The van der Waals surface area contributed by atoms with Crippen molar-refractivity contribution in [3.05, 3.63) is 63.9 Å². The van der Waals surface area contributed by atoms with Crippen molar-refractivity contribution in [2.75, 3.05) is 0 Å². The molecule has 4 N–H and O–H groups in total. The number of cyclic esters (lactones) is 1. The first kappa shape index (κ1) is 28.1. The van der Waals surface area contributed by atoms with Crippen molar-refractivity contribution in [2.24, 2.45) is 11.8 Å². The maximum Gasteiger partial charge on any atom is 0.379 e. The molecule has 39 heavy (non-hydrogen) atoms. The zero-order valence-corrected chi connectivity index (χ0v) is 22.1. The number of ether oxygens (including phenoxy) is 1. The molecule has 1 aromatic rings. The number of phenols is 1. The Labute approximate surface area is 225 Å². The van der Waals surface area contributed by atoms with Gasteiger partial charge < -0.3 is 25.4 Å². The van der Waals surface area contributed by atoms with E-state index in [0.29, 0.717) is 12.8 Å². The van der Waals surface area contributed by atoms with Crippen LogP contribution in [0.4, 0.5) is 0 Å². The van der Waals surface area contributed by atoms with Crippen LogP contribution >= 0.6 is 0 Å². The molecular formula is C29H31NO9. The largest absolute Gasteiger partial charge is 0.507 e. The number of Topliss-reactive ketones (excluding diaryl/α,β-unsaturated/α-hetero) is 2. The number of allylic oxidation sites excluding steroid dienone is 2. The highest BCUT2D eigenvalue weighted by Crippen LogP contribution is 2.49. The highest BCUT2D eigenvalue weighted by atomic mass is 16.6. The molecule has 3 aliphatic rings. The molecule has 4 bridgehead atoms. The van der Waals surface area contributed by atoms with Gasteiger partial charge in [0.2, 0.25) is 5.91 Å². The van der Waals surface area contributed by atoms with E-state index in [0.717, 1.165) is 12.2 Å². The van der Waals surface area contributed by atoms with E-state index in [1.807, 2.05) is 6.92 Å². The smallest absolute Gasteiger partial charge is 0.379 e. The van der Waals surface area contributed by atoms with Crippen LogP contribution in [-0.4, -0.2) is 56.8 Å². The highest BCUT2D eigenvalue weighted by Gasteiger charge is 2.55. The van der Waals surface area contributed by atoms with E-state index in [1.54, 1.807) is 6.08 Å². The number of ketones is 3. The van der Waals surface area contributed by atoms with E-state index in [-0.39, 0.29) is 45.9 Å². The van der Waals surface area contributed by atoms with Gasteiger partial charge in [0, 0.05) is 29.2 Å². The van der Waals surface area contributed by atoms with E-state index >= 15 is 0 Å². The molecule has 4 rings (SSSR count). The molecule has 0 saturated carbocycles. The number of aryl methyl sites for hydroxylation is 1. The van der Waals surface area contributed by atoms with Crippen molar-refractivity contribution in [1.82, 2.24) is 5.32 Å². The maximum atomic E-state index is 13.5. The first-order valence-electron chi connectivity index (χ1n) is 12.8. The molecule has 1 aromatic carbocycles. The lowest BCUT2D eigenvalue weighted by Crippen LogP contribution is -2.39. The second-order valence-electron chi connectivity index (χ2n) is 10.3. The average Bonchev–Trinajstić information content (AvgIpc) is 3.13. The normalized spacial score (nSPS) is 31.9. The molecule has 0 aromatic heterocycles. The second kappa shape index (κ2) is 10.3. The van der Waals surface area contributed by atoms with Crippen molar-refractivity contribution >= 4 is 29.2 Å². The van der Waals surface area contributed by atoms with E-state index in [4.69, 9.17) is 4.74 Å². The number of nitrogens with one attached hydrogen (secondary N) is 1. The SMILES string of the molecule is CCC1/C=C\C(O)C(C)OC(=O)C(=O)/C(C)=C\[C@@H]2C(=O)NC3=CC(=O)c4c(cc(C)c(O)c4C(=O)CC1)[C@@]32O. The molecule has 1 amide bonds. The minimum absolute atomic E-state index is 0.0522. The predicted molar refractivity (Wildman–Crippen MR) is 138 cm³/mol. The first-order valence-corrected chi connectivity index (χ1v) is 12.8. The zero-order chi connectivity index (χ0) is 28.8. The molecule has 1 saturated heterocycles. The number of hydrogen-bond acceptors (Lipinski definition) is 9. The fourth-order valence-corrected chi connectivity index (χ4v) is 5.24. The molecule has 0 radical (unpaired) electrons. The molecule has 2 aliphatic heterocycles. The van der Waals surface area contributed by atoms with Crippen LogP contribution in [0.15, 0.2) is 41.6 Å². The predicted octanol–water partition coefficient (Wildman–Crippen LogP) is 2.08. The summed E-state index contributed by atoms with van der Waals surface area (Å²) in [6.45, 7) is 6.09. The summed E-state index contributed by atoms with van der Waals surface area (Å²) in [6.07, 6.45) is 3.80. The molecule has 10 nitrogen and oxygen atoms in total. The Morgan fingerprint density at radius 2 is 1.79 bits per heavy atom. The summed E-state index contributed by atoms with van der Waals surface area (Å²) < 4.78 is 5.14. The average molecular weight is 538 g/mol. The lowest BCUT2D eigenvalue weighted by molar-refractivity contribution is -0.158. The van der Waals surface area contributed by atoms with E-state index in [1.165, 1.54) is 32.9 Å². The maximum absolute atomic E-state index is 13.5. The third-order valence-electron chi connectivity index (χ3n) is 7.68. The third kappa shape index (κ3) is 4.74. The van der Waals surface area contributed by atoms with Gasteiger partial charge in [-0.05, 0) is 51.2 Å². The van der Waals surface area contributed by atoms with Gasteiger partial charge in [-0.15, -0.1) is 0 Å². The quantitative estimate of drug-likeness (QED) is 0.238. The van der Waals surface area contributed by atoms with Crippen LogP contribution in [0.1, 0.15) is 71.9 Å².